The summed E-state index contributed by atoms with van der Waals surface area (Å²) in [7, 11) is 0. The van der Waals surface area contributed by atoms with Gasteiger partial charge in [0.15, 0.2) is 5.58 Å². The molecule has 2 aromatic heterocycles. The van der Waals surface area contributed by atoms with Crippen LogP contribution in [0.1, 0.15) is 22.3 Å². The molecule has 1 spiro atoms. The average molecular weight is 740 g/mol. The van der Waals surface area contributed by atoms with Crippen LogP contribution in [0.15, 0.2) is 209 Å². The van der Waals surface area contributed by atoms with Gasteiger partial charge in [-0.2, -0.15) is 0 Å². The fourth-order valence-electron chi connectivity index (χ4n) is 10.4. The van der Waals surface area contributed by atoms with Crippen molar-refractivity contribution < 1.29 is 8.83 Å². The number of hydrogen-bond acceptors (Lipinski definition) is 3. The summed E-state index contributed by atoms with van der Waals surface area (Å²) in [6.45, 7) is 0. The van der Waals surface area contributed by atoms with Gasteiger partial charge in [0, 0.05) is 32.8 Å². The molecule has 0 fully saturated rings. The molecule has 270 valence electrons. The zero-order valence-corrected chi connectivity index (χ0v) is 31.3. The van der Waals surface area contributed by atoms with Crippen LogP contribution in [0.25, 0.3) is 77.3 Å². The highest BCUT2D eigenvalue weighted by Crippen LogP contribution is 2.63. The van der Waals surface area contributed by atoms with E-state index in [1.54, 1.807) is 0 Å². The number of anilines is 3. The summed E-state index contributed by atoms with van der Waals surface area (Å²) in [5.41, 5.74) is 18.7. The van der Waals surface area contributed by atoms with E-state index in [1.165, 1.54) is 44.5 Å². The molecular weight excluding hydrogens is 707 g/mol. The molecule has 0 saturated carbocycles. The molecule has 2 heterocycles. The van der Waals surface area contributed by atoms with Gasteiger partial charge in [-0.3, -0.25) is 0 Å². The summed E-state index contributed by atoms with van der Waals surface area (Å²) in [6, 6.07) is 72.5. The van der Waals surface area contributed by atoms with Gasteiger partial charge in [-0.1, -0.05) is 158 Å². The van der Waals surface area contributed by atoms with E-state index in [4.69, 9.17) is 8.83 Å². The number of para-hydroxylation sites is 4. The third-order valence-corrected chi connectivity index (χ3v) is 12.7. The zero-order valence-electron chi connectivity index (χ0n) is 31.3. The zero-order chi connectivity index (χ0) is 38.0. The Kier molecular flexibility index (Phi) is 6.37. The molecule has 0 bridgehead atoms. The van der Waals surface area contributed by atoms with Crippen molar-refractivity contribution in [1.82, 2.24) is 0 Å². The lowest BCUT2D eigenvalue weighted by molar-refractivity contribution is 0.668. The number of nitrogens with zero attached hydrogens (tertiary/aromatic N) is 1. The lowest BCUT2D eigenvalue weighted by atomic mass is 9.70. The van der Waals surface area contributed by atoms with E-state index in [0.717, 1.165) is 72.1 Å². The molecule has 11 aromatic rings. The van der Waals surface area contributed by atoms with E-state index in [-0.39, 0.29) is 0 Å². The molecular formula is C55H33NO2. The van der Waals surface area contributed by atoms with Crippen molar-refractivity contribution in [3.8, 4) is 33.4 Å². The van der Waals surface area contributed by atoms with Crippen LogP contribution < -0.4 is 4.90 Å². The molecule has 9 aromatic carbocycles. The SMILES string of the molecule is c1ccc(N(c2ccc3c(c2)C2(c4ccccc4-c4ccccc42)c2ccccc2-3)c2cccc3c2oc2ccccc23)c(-c2cccc3oc4ccccc4c23)c1. The number of hydrogen-bond donors (Lipinski definition) is 0. The molecule has 2 aliphatic carbocycles. The molecule has 0 atom stereocenters. The Labute approximate surface area is 334 Å². The second kappa shape index (κ2) is 11.7. The van der Waals surface area contributed by atoms with Crippen molar-refractivity contribution in [1.29, 1.82) is 0 Å². The van der Waals surface area contributed by atoms with Gasteiger partial charge in [0.1, 0.15) is 16.7 Å². The van der Waals surface area contributed by atoms with Crippen LogP contribution in [0.3, 0.4) is 0 Å². The summed E-state index contributed by atoms with van der Waals surface area (Å²) in [5, 5.41) is 4.39. The number of rotatable bonds is 4. The maximum absolute atomic E-state index is 6.84. The van der Waals surface area contributed by atoms with Gasteiger partial charge >= 0.3 is 0 Å². The van der Waals surface area contributed by atoms with Gasteiger partial charge < -0.3 is 13.7 Å². The van der Waals surface area contributed by atoms with Crippen LogP contribution in [0, 0.1) is 0 Å². The first kappa shape index (κ1) is 31.6. The van der Waals surface area contributed by atoms with E-state index < -0.39 is 5.41 Å². The van der Waals surface area contributed by atoms with Gasteiger partial charge in [0.25, 0.3) is 0 Å². The Hall–Kier alpha value is -7.62. The van der Waals surface area contributed by atoms with Crippen molar-refractivity contribution in [3.63, 3.8) is 0 Å². The molecule has 3 nitrogen and oxygen atoms in total. The maximum Gasteiger partial charge on any atom is 0.159 e. The minimum absolute atomic E-state index is 0.479. The Balaban J connectivity index is 1.13. The van der Waals surface area contributed by atoms with Crippen molar-refractivity contribution in [2.24, 2.45) is 0 Å². The molecule has 58 heavy (non-hydrogen) atoms. The van der Waals surface area contributed by atoms with E-state index in [0.29, 0.717) is 0 Å². The Morgan fingerprint density at radius 1 is 0.328 bits per heavy atom. The molecule has 0 unspecified atom stereocenters. The first-order valence-corrected chi connectivity index (χ1v) is 19.9. The lowest BCUT2D eigenvalue weighted by Gasteiger charge is -2.32. The summed E-state index contributed by atoms with van der Waals surface area (Å²) < 4.78 is 13.3. The molecule has 0 radical (unpaired) electrons. The van der Waals surface area contributed by atoms with Crippen LogP contribution >= 0.6 is 0 Å². The van der Waals surface area contributed by atoms with Crippen LogP contribution in [0.2, 0.25) is 0 Å². The molecule has 13 rings (SSSR count). The average Bonchev–Trinajstić information content (AvgIpc) is 4.02. The van der Waals surface area contributed by atoms with Crippen molar-refractivity contribution in [2.75, 3.05) is 4.90 Å². The standard InChI is InChI=1S/C55H33NO2/c1-7-23-44-35(15-1)36-16-2-8-24-45(36)55(44)46-25-9-3-17-37(46)38-32-31-34(33-47(38)55)56(49-27-13-22-42-40-19-5-11-28-50(40)58-54(42)49)48-26-10-4-18-39(48)41-21-14-30-52-53(41)43-20-6-12-29-51(43)57-52/h1-33H. The molecule has 0 saturated heterocycles. The second-order valence-electron chi connectivity index (χ2n) is 15.5. The third-order valence-electron chi connectivity index (χ3n) is 12.7. The van der Waals surface area contributed by atoms with Gasteiger partial charge in [-0.05, 0) is 92.5 Å². The predicted molar refractivity (Wildman–Crippen MR) is 237 cm³/mol. The maximum atomic E-state index is 6.84. The minimum Gasteiger partial charge on any atom is -0.456 e. The second-order valence-corrected chi connectivity index (χ2v) is 15.5. The molecule has 2 aliphatic rings. The van der Waals surface area contributed by atoms with E-state index in [9.17, 15) is 0 Å². The van der Waals surface area contributed by atoms with Crippen molar-refractivity contribution in [2.45, 2.75) is 5.41 Å². The minimum atomic E-state index is -0.479. The molecule has 0 N–H and O–H groups in total. The summed E-state index contributed by atoms with van der Waals surface area (Å²) in [5.74, 6) is 0. The summed E-state index contributed by atoms with van der Waals surface area (Å²) >= 11 is 0. The topological polar surface area (TPSA) is 29.5 Å². The van der Waals surface area contributed by atoms with Gasteiger partial charge in [0.2, 0.25) is 0 Å². The van der Waals surface area contributed by atoms with Crippen LogP contribution in [0.5, 0.6) is 0 Å². The van der Waals surface area contributed by atoms with Crippen molar-refractivity contribution in [3.05, 3.63) is 222 Å². The lowest BCUT2D eigenvalue weighted by Crippen LogP contribution is -2.26. The van der Waals surface area contributed by atoms with Crippen LogP contribution in [-0.2, 0) is 5.41 Å². The quantitative estimate of drug-likeness (QED) is 0.180. The van der Waals surface area contributed by atoms with E-state index in [2.05, 4.69) is 193 Å². The smallest absolute Gasteiger partial charge is 0.159 e. The van der Waals surface area contributed by atoms with Gasteiger partial charge in [-0.25, -0.2) is 0 Å². The Morgan fingerprint density at radius 2 is 0.828 bits per heavy atom. The van der Waals surface area contributed by atoms with Crippen LogP contribution in [-0.4, -0.2) is 0 Å². The third kappa shape index (κ3) is 4.07. The molecule has 0 amide bonds. The van der Waals surface area contributed by atoms with Gasteiger partial charge in [0.05, 0.1) is 16.8 Å². The molecule has 0 aliphatic heterocycles. The normalized spacial score (nSPS) is 13.3. The van der Waals surface area contributed by atoms with Gasteiger partial charge in [-0.15, -0.1) is 0 Å². The largest absolute Gasteiger partial charge is 0.456 e. The number of furan rings is 2. The highest BCUT2D eigenvalue weighted by molar-refractivity contribution is 6.15. The Morgan fingerprint density at radius 3 is 1.55 bits per heavy atom. The molecule has 3 heteroatoms. The first-order chi connectivity index (χ1) is 28.8. The highest BCUT2D eigenvalue weighted by atomic mass is 16.3. The van der Waals surface area contributed by atoms with E-state index >= 15 is 0 Å². The predicted octanol–water partition coefficient (Wildman–Crippen LogP) is 15.0. The number of benzene rings is 9. The fraction of sp³-hybridized carbons (Fsp3) is 0.0182. The van der Waals surface area contributed by atoms with E-state index in [1.807, 2.05) is 12.1 Å². The summed E-state index contributed by atoms with van der Waals surface area (Å²) in [6.07, 6.45) is 0. The van der Waals surface area contributed by atoms with Crippen molar-refractivity contribution >= 4 is 60.9 Å². The van der Waals surface area contributed by atoms with Crippen LogP contribution in [0.4, 0.5) is 17.1 Å². The number of fused-ring (bicyclic) bond motifs is 16. The monoisotopic (exact) mass is 739 g/mol. The fourth-order valence-corrected chi connectivity index (χ4v) is 10.4. The highest BCUT2D eigenvalue weighted by Gasteiger charge is 2.51. The Bertz CT molecular complexity index is 3430. The summed E-state index contributed by atoms with van der Waals surface area (Å²) in [4.78, 5) is 2.42. The first-order valence-electron chi connectivity index (χ1n) is 19.9.